The molecule has 7 nitrogen and oxygen atoms in total. The Morgan fingerprint density at radius 3 is 2.76 bits per heavy atom. The number of hydrogen-bond donors (Lipinski definition) is 2. The zero-order chi connectivity index (χ0) is 26.9. The van der Waals surface area contributed by atoms with Crippen LogP contribution >= 0.6 is 0 Å². The number of nitrogens with one attached hydrogen (secondary N) is 2. The topological polar surface area (TPSA) is 88.9 Å². The summed E-state index contributed by atoms with van der Waals surface area (Å²) < 4.78 is 55.1. The molecular formula is C28H35F2N5O2S. The van der Waals surface area contributed by atoms with E-state index in [0.29, 0.717) is 18.9 Å². The molecule has 0 bridgehead atoms. The van der Waals surface area contributed by atoms with Crippen molar-refractivity contribution in [2.24, 2.45) is 11.8 Å². The van der Waals surface area contributed by atoms with Crippen LogP contribution in [0.5, 0.6) is 0 Å². The van der Waals surface area contributed by atoms with E-state index in [9.17, 15) is 17.2 Å². The Morgan fingerprint density at radius 2 is 2.03 bits per heavy atom. The number of pyridine rings is 1. The molecule has 204 valence electrons. The van der Waals surface area contributed by atoms with E-state index < -0.39 is 26.7 Å². The summed E-state index contributed by atoms with van der Waals surface area (Å²) in [7, 11) is -3.85. The third kappa shape index (κ3) is 5.55. The van der Waals surface area contributed by atoms with Gasteiger partial charge in [0, 0.05) is 30.9 Å². The summed E-state index contributed by atoms with van der Waals surface area (Å²) in [6.45, 7) is 4.88. The predicted octanol–water partition coefficient (Wildman–Crippen LogP) is 5.45. The van der Waals surface area contributed by atoms with E-state index in [-0.39, 0.29) is 23.6 Å². The van der Waals surface area contributed by atoms with Crippen molar-refractivity contribution in [2.75, 3.05) is 11.1 Å². The van der Waals surface area contributed by atoms with Crippen molar-refractivity contribution in [3.05, 3.63) is 70.8 Å². The van der Waals surface area contributed by atoms with Gasteiger partial charge in [0.15, 0.2) is 9.84 Å². The molecule has 2 aromatic rings. The Hall–Kier alpha value is -3.01. The van der Waals surface area contributed by atoms with Gasteiger partial charge in [-0.25, -0.2) is 21.9 Å². The van der Waals surface area contributed by atoms with Crippen LogP contribution in [0.25, 0.3) is 5.82 Å². The van der Waals surface area contributed by atoms with E-state index in [2.05, 4.69) is 33.7 Å². The van der Waals surface area contributed by atoms with Gasteiger partial charge in [0.25, 0.3) is 0 Å². The van der Waals surface area contributed by atoms with Crippen molar-refractivity contribution < 1.29 is 17.2 Å². The minimum atomic E-state index is -3.85. The number of sulfone groups is 1. The fourth-order valence-corrected chi connectivity index (χ4v) is 7.40. The van der Waals surface area contributed by atoms with Gasteiger partial charge >= 0.3 is 0 Å². The van der Waals surface area contributed by atoms with Gasteiger partial charge in [-0.15, -0.1) is 0 Å². The molecule has 3 aliphatic rings. The second kappa shape index (κ2) is 10.6. The Kier molecular flexibility index (Phi) is 7.44. The van der Waals surface area contributed by atoms with Crippen LogP contribution in [0.3, 0.4) is 0 Å². The number of allylic oxidation sites excluding steroid dienone is 3. The molecule has 2 atom stereocenters. The van der Waals surface area contributed by atoms with Gasteiger partial charge < -0.3 is 10.6 Å². The zero-order valence-corrected chi connectivity index (χ0v) is 22.6. The van der Waals surface area contributed by atoms with Crippen LogP contribution in [0.4, 0.5) is 14.6 Å². The number of fused-ring (bicyclic) bond motifs is 1. The monoisotopic (exact) mass is 543 g/mol. The predicted molar refractivity (Wildman–Crippen MR) is 145 cm³/mol. The molecule has 10 heteroatoms. The van der Waals surface area contributed by atoms with Crippen LogP contribution in [0.1, 0.15) is 56.6 Å². The summed E-state index contributed by atoms with van der Waals surface area (Å²) in [5.41, 5.74) is 1.85. The van der Waals surface area contributed by atoms with Crippen molar-refractivity contribution in [3.63, 3.8) is 0 Å². The molecule has 0 spiro atoms. The molecule has 2 aromatic heterocycles. The summed E-state index contributed by atoms with van der Waals surface area (Å²) in [5.74, 6) is 1.51. The van der Waals surface area contributed by atoms with Crippen molar-refractivity contribution in [1.29, 1.82) is 0 Å². The number of aryl methyl sites for hydroxylation is 1. The van der Waals surface area contributed by atoms with Crippen molar-refractivity contribution in [1.82, 2.24) is 20.1 Å². The van der Waals surface area contributed by atoms with E-state index >= 15 is 0 Å². The van der Waals surface area contributed by atoms with Crippen LogP contribution in [0.2, 0.25) is 0 Å². The fourth-order valence-electron chi connectivity index (χ4n) is 5.81. The Bertz CT molecular complexity index is 1360. The lowest BCUT2D eigenvalue weighted by molar-refractivity contribution is 0.221. The van der Waals surface area contributed by atoms with Gasteiger partial charge in [0.05, 0.1) is 17.5 Å². The molecule has 0 aromatic carbocycles. The summed E-state index contributed by atoms with van der Waals surface area (Å²) >= 11 is 0. The minimum Gasteiger partial charge on any atom is -0.366 e. The van der Waals surface area contributed by atoms with Crippen LogP contribution in [-0.4, -0.2) is 40.6 Å². The average molecular weight is 544 g/mol. The molecule has 1 saturated carbocycles. The van der Waals surface area contributed by atoms with Gasteiger partial charge in [-0.3, -0.25) is 4.98 Å². The summed E-state index contributed by atoms with van der Waals surface area (Å²) in [6, 6.07) is 3.95. The molecule has 0 saturated heterocycles. The quantitative estimate of drug-likeness (QED) is 0.460. The van der Waals surface area contributed by atoms with E-state index in [1.807, 2.05) is 36.1 Å². The summed E-state index contributed by atoms with van der Waals surface area (Å²) in [5, 5.41) is 11.8. The Balaban J connectivity index is 1.23. The molecular weight excluding hydrogens is 508 g/mol. The lowest BCUT2D eigenvalue weighted by Crippen LogP contribution is -2.47. The Labute approximate surface area is 223 Å². The molecule has 0 radical (unpaired) electrons. The van der Waals surface area contributed by atoms with Crippen LogP contribution in [0.15, 0.2) is 59.7 Å². The number of anilines is 1. The first-order chi connectivity index (χ1) is 18.1. The maximum atomic E-state index is 14.1. The number of nitrogens with zero attached hydrogens (tertiary/aromatic N) is 3. The van der Waals surface area contributed by atoms with Gasteiger partial charge in [-0.2, -0.15) is 5.10 Å². The van der Waals surface area contributed by atoms with E-state index in [0.717, 1.165) is 60.6 Å². The first-order valence-electron chi connectivity index (χ1n) is 13.3. The van der Waals surface area contributed by atoms with Gasteiger partial charge in [0.1, 0.15) is 28.5 Å². The molecule has 1 aliphatic heterocycles. The number of rotatable bonds is 8. The largest absolute Gasteiger partial charge is 0.366 e. The third-order valence-corrected chi connectivity index (χ3v) is 9.89. The molecule has 38 heavy (non-hydrogen) atoms. The van der Waals surface area contributed by atoms with E-state index in [4.69, 9.17) is 0 Å². The standard InChI is InChI=1S/C28H35F2N5O2S/c1-19-16-33-35-26(32-18-21-4-3-12-31-17-21)15-28(2,34-27(19)35)22-7-5-20(6-8-22)11-13-38(36,37)25-14-23(29)9-10-24(25)30/h3-4,10,12,14-17,20,22-23,32,34H,5-9,11,13,18H2,1-2H3. The summed E-state index contributed by atoms with van der Waals surface area (Å²) in [6.07, 6.45) is 12.2. The van der Waals surface area contributed by atoms with Gasteiger partial charge in [-0.05, 0) is 74.8 Å². The molecule has 1 fully saturated rings. The second-order valence-electron chi connectivity index (χ2n) is 10.9. The Morgan fingerprint density at radius 1 is 1.24 bits per heavy atom. The maximum absolute atomic E-state index is 14.1. The highest BCUT2D eigenvalue weighted by Crippen LogP contribution is 2.42. The first-order valence-corrected chi connectivity index (χ1v) is 14.9. The normalized spacial score (nSPS) is 27.5. The van der Waals surface area contributed by atoms with Crippen LogP contribution in [-0.2, 0) is 16.4 Å². The third-order valence-electron chi connectivity index (χ3n) is 8.12. The van der Waals surface area contributed by atoms with Crippen LogP contribution < -0.4 is 10.6 Å². The minimum absolute atomic E-state index is 0.114. The molecule has 2 N–H and O–H groups in total. The highest BCUT2D eigenvalue weighted by molar-refractivity contribution is 7.95. The molecule has 0 amide bonds. The van der Waals surface area contributed by atoms with Crippen LogP contribution in [0, 0.1) is 18.8 Å². The molecule has 2 aliphatic carbocycles. The van der Waals surface area contributed by atoms with Crippen molar-refractivity contribution in [2.45, 2.75) is 70.6 Å². The van der Waals surface area contributed by atoms with Crippen molar-refractivity contribution in [3.8, 4) is 0 Å². The average Bonchev–Trinajstić information content (AvgIpc) is 3.28. The van der Waals surface area contributed by atoms with Crippen molar-refractivity contribution >= 4 is 21.5 Å². The fraction of sp³-hybridized carbons (Fsp3) is 0.500. The second-order valence-corrected chi connectivity index (χ2v) is 13.0. The summed E-state index contributed by atoms with van der Waals surface area (Å²) in [4.78, 5) is 3.72. The number of alkyl halides is 1. The molecule has 3 heterocycles. The molecule has 5 rings (SSSR count). The highest BCUT2D eigenvalue weighted by atomic mass is 32.2. The highest BCUT2D eigenvalue weighted by Gasteiger charge is 2.40. The smallest absolute Gasteiger partial charge is 0.181 e. The van der Waals surface area contributed by atoms with E-state index in [1.54, 1.807) is 6.20 Å². The molecule has 2 unspecified atom stereocenters. The zero-order valence-electron chi connectivity index (χ0n) is 21.8. The van der Waals surface area contributed by atoms with Gasteiger partial charge in [0.2, 0.25) is 0 Å². The van der Waals surface area contributed by atoms with Gasteiger partial charge in [-0.1, -0.05) is 18.9 Å². The number of hydrogen-bond acceptors (Lipinski definition) is 6. The van der Waals surface area contributed by atoms with E-state index in [1.165, 1.54) is 0 Å². The lowest BCUT2D eigenvalue weighted by atomic mass is 9.71. The lowest BCUT2D eigenvalue weighted by Gasteiger charge is -2.43. The maximum Gasteiger partial charge on any atom is 0.181 e. The first kappa shape index (κ1) is 26.6. The number of halogens is 2. The number of aromatic nitrogens is 3. The SMILES string of the molecule is Cc1cnn2c1NC(C)(C1CCC(CCS(=O)(=O)C3=CC(F)CC=C3F)CC1)C=C2NCc1cccnc1.